The van der Waals surface area contributed by atoms with Crippen molar-refractivity contribution in [3.05, 3.63) is 45.6 Å². The molecule has 14 heteroatoms. The molecule has 12 nitrogen and oxygen atoms in total. The van der Waals surface area contributed by atoms with Crippen molar-refractivity contribution in [3.8, 4) is 28.4 Å². The molecule has 2 aromatic carbocycles. The summed E-state index contributed by atoms with van der Waals surface area (Å²) in [5, 5.41) is 5.70. The second-order valence-corrected chi connectivity index (χ2v) is 15.4. The van der Waals surface area contributed by atoms with Gasteiger partial charge in [0.1, 0.15) is 6.04 Å². The number of carbonyl (C=O) groups excluding carboxylic acids is 2. The van der Waals surface area contributed by atoms with Crippen LogP contribution in [0.25, 0.3) is 11.1 Å². The molecule has 2 atom stereocenters. The highest BCUT2D eigenvalue weighted by atomic mass is 32.2. The predicted octanol–water partition coefficient (Wildman–Crippen LogP) is 3.28. The number of thioether (sulfide) groups is 1. The number of fused-ring (bicyclic) bond motifs is 3. The minimum absolute atomic E-state index is 0.187. The van der Waals surface area contributed by atoms with Gasteiger partial charge in [0.25, 0.3) is 0 Å². The van der Waals surface area contributed by atoms with Gasteiger partial charge in [0.2, 0.25) is 33.0 Å². The number of nitrogens with zero attached hydrogens (tertiary/aromatic N) is 2. The summed E-state index contributed by atoms with van der Waals surface area (Å²) in [6.45, 7) is 5.72. The number of hydrogen-bond acceptors (Lipinski definition) is 10. The number of methoxy groups -OCH3 is 3. The zero-order valence-corrected chi connectivity index (χ0v) is 29.8. The summed E-state index contributed by atoms with van der Waals surface area (Å²) in [6, 6.07) is 5.74. The van der Waals surface area contributed by atoms with E-state index in [-0.39, 0.29) is 49.1 Å². The van der Waals surface area contributed by atoms with Crippen LogP contribution in [0.15, 0.2) is 29.1 Å². The summed E-state index contributed by atoms with van der Waals surface area (Å²) in [4.78, 5) is 41.7. The number of sulfonamides is 1. The third-order valence-corrected chi connectivity index (χ3v) is 11.6. The van der Waals surface area contributed by atoms with E-state index < -0.39 is 27.4 Å². The number of benzene rings is 1. The van der Waals surface area contributed by atoms with Crippen LogP contribution in [0.3, 0.4) is 0 Å². The maximum absolute atomic E-state index is 13.9. The van der Waals surface area contributed by atoms with Crippen molar-refractivity contribution in [1.82, 2.24) is 14.5 Å². The van der Waals surface area contributed by atoms with Gasteiger partial charge in [0, 0.05) is 38.7 Å². The molecule has 1 saturated heterocycles. The van der Waals surface area contributed by atoms with Crippen molar-refractivity contribution < 1.29 is 32.2 Å². The van der Waals surface area contributed by atoms with E-state index in [1.54, 1.807) is 50.8 Å². The van der Waals surface area contributed by atoms with E-state index in [1.807, 2.05) is 18.4 Å². The van der Waals surface area contributed by atoms with Crippen LogP contribution in [0.4, 0.5) is 5.69 Å². The van der Waals surface area contributed by atoms with Crippen molar-refractivity contribution in [3.63, 3.8) is 0 Å². The molecule has 1 heterocycles. The lowest BCUT2D eigenvalue weighted by Gasteiger charge is -2.36. The predicted molar refractivity (Wildman–Crippen MR) is 185 cm³/mol. The first kappa shape index (κ1) is 36.3. The third kappa shape index (κ3) is 7.81. The van der Waals surface area contributed by atoms with Crippen LogP contribution in [0, 0.1) is 0 Å². The van der Waals surface area contributed by atoms with E-state index in [4.69, 9.17) is 14.2 Å². The van der Waals surface area contributed by atoms with Gasteiger partial charge in [-0.25, -0.2) is 8.42 Å². The number of ether oxygens (including phenoxy) is 3. The fourth-order valence-corrected chi connectivity index (χ4v) is 7.93. The Morgan fingerprint density at radius 1 is 1.02 bits per heavy atom. The number of carbonyl (C=O) groups is 2. The molecule has 2 amide bonds. The van der Waals surface area contributed by atoms with E-state index >= 15 is 0 Å². The fourth-order valence-electron chi connectivity index (χ4n) is 6.19. The van der Waals surface area contributed by atoms with Gasteiger partial charge in [-0.1, -0.05) is 6.07 Å². The molecule has 2 unspecified atom stereocenters. The molecule has 1 aliphatic carbocycles. The summed E-state index contributed by atoms with van der Waals surface area (Å²) in [5.41, 5.74) is 2.86. The lowest BCUT2D eigenvalue weighted by atomic mass is 9.95. The number of aryl methyl sites for hydroxylation is 1. The molecule has 47 heavy (non-hydrogen) atoms. The van der Waals surface area contributed by atoms with Crippen LogP contribution in [0.5, 0.6) is 17.2 Å². The summed E-state index contributed by atoms with van der Waals surface area (Å²) in [6.07, 6.45) is 3.51. The Morgan fingerprint density at radius 3 is 2.28 bits per heavy atom. The van der Waals surface area contributed by atoms with Crippen molar-refractivity contribution in [2.24, 2.45) is 0 Å². The maximum atomic E-state index is 13.9. The molecule has 0 aromatic heterocycles. The zero-order valence-electron chi connectivity index (χ0n) is 28.2. The van der Waals surface area contributed by atoms with E-state index in [0.29, 0.717) is 53.4 Å². The molecule has 0 radical (unpaired) electrons. The quantitative estimate of drug-likeness (QED) is 0.341. The smallest absolute Gasteiger partial charge is 0.245 e. The first-order chi connectivity index (χ1) is 22.4. The standard InChI is InChI=1S/C33H46N4O8S2/c1-20(2)47(41,42)37-15-13-36(14-16-37)33(40)27(12-17-46-7)35-26-11-9-23-24(19-28(26)39)25(34-21(3)38)10-8-22-18-29(43-4)31(44-5)32(45-6)30(22)23/h9,11,18-20,25,27H,8,10,12-17H2,1-7H3,(H,34,38)(H,35,39). The van der Waals surface area contributed by atoms with Crippen LogP contribution in [0.1, 0.15) is 50.8 Å². The highest BCUT2D eigenvalue weighted by Crippen LogP contribution is 2.50. The molecule has 4 rings (SSSR count). The minimum atomic E-state index is -3.42. The van der Waals surface area contributed by atoms with Gasteiger partial charge in [0.05, 0.1) is 38.3 Å². The summed E-state index contributed by atoms with van der Waals surface area (Å²) >= 11 is 1.59. The van der Waals surface area contributed by atoms with Crippen LogP contribution in [0.2, 0.25) is 0 Å². The minimum Gasteiger partial charge on any atom is -0.493 e. The molecule has 0 saturated carbocycles. The van der Waals surface area contributed by atoms with Crippen molar-refractivity contribution >= 4 is 39.3 Å². The van der Waals surface area contributed by atoms with Gasteiger partial charge in [-0.2, -0.15) is 16.1 Å². The third-order valence-electron chi connectivity index (χ3n) is 8.66. The summed E-state index contributed by atoms with van der Waals surface area (Å²) < 4.78 is 43.9. The van der Waals surface area contributed by atoms with E-state index in [1.165, 1.54) is 24.4 Å². The number of anilines is 1. The zero-order chi connectivity index (χ0) is 34.5. The molecule has 1 aliphatic heterocycles. The topological polar surface area (TPSA) is 144 Å². The Labute approximate surface area is 281 Å². The number of nitrogens with one attached hydrogen (secondary N) is 2. The molecular weight excluding hydrogens is 645 g/mol. The molecule has 258 valence electrons. The number of piperazine rings is 1. The average molecular weight is 691 g/mol. The van der Waals surface area contributed by atoms with E-state index in [0.717, 1.165) is 11.1 Å². The Kier molecular flexibility index (Phi) is 12.1. The largest absolute Gasteiger partial charge is 0.493 e. The fraction of sp³-hybridized carbons (Fsp3) is 0.545. The van der Waals surface area contributed by atoms with Crippen molar-refractivity contribution in [2.45, 2.75) is 57.4 Å². The number of rotatable bonds is 12. The van der Waals surface area contributed by atoms with Gasteiger partial charge >= 0.3 is 0 Å². The van der Waals surface area contributed by atoms with Crippen LogP contribution < -0.4 is 30.3 Å². The second-order valence-electron chi connectivity index (χ2n) is 11.9. The summed E-state index contributed by atoms with van der Waals surface area (Å²) in [7, 11) is 1.21. The van der Waals surface area contributed by atoms with Crippen molar-refractivity contribution in [2.75, 3.05) is 64.8 Å². The first-order valence-corrected chi connectivity index (χ1v) is 18.6. The van der Waals surface area contributed by atoms with Gasteiger partial charge in [-0.15, -0.1) is 0 Å². The Balaban J connectivity index is 1.76. The van der Waals surface area contributed by atoms with Gasteiger partial charge in [0.15, 0.2) is 11.5 Å². The Hall–Kier alpha value is -3.49. The molecule has 2 N–H and O–H groups in total. The summed E-state index contributed by atoms with van der Waals surface area (Å²) in [5.74, 6) is 1.63. The van der Waals surface area contributed by atoms with Gasteiger partial charge < -0.3 is 29.7 Å². The highest BCUT2D eigenvalue weighted by molar-refractivity contribution is 7.98. The number of hydrogen-bond donors (Lipinski definition) is 2. The Bertz CT molecular complexity index is 1640. The molecular formula is C33H46N4O8S2. The van der Waals surface area contributed by atoms with E-state index in [9.17, 15) is 22.8 Å². The normalized spacial score (nSPS) is 17.2. The average Bonchev–Trinajstić information content (AvgIpc) is 3.29. The van der Waals surface area contributed by atoms with Crippen molar-refractivity contribution in [1.29, 1.82) is 0 Å². The monoisotopic (exact) mass is 690 g/mol. The molecule has 1 fully saturated rings. The Morgan fingerprint density at radius 2 is 1.70 bits per heavy atom. The highest BCUT2D eigenvalue weighted by Gasteiger charge is 2.34. The SMILES string of the molecule is COc1cc2c(c(OC)c1OC)-c1ccc(NC(CCSC)C(=O)N3CCN(S(=O)(=O)C(C)C)CC3)c(=O)cc1C(NC(C)=O)CC2. The molecule has 0 spiro atoms. The van der Waals surface area contributed by atoms with Crippen LogP contribution in [-0.2, 0) is 26.0 Å². The lowest BCUT2D eigenvalue weighted by molar-refractivity contribution is -0.133. The van der Waals surface area contributed by atoms with Gasteiger partial charge in [-0.05, 0) is 80.0 Å². The molecule has 2 aromatic rings. The van der Waals surface area contributed by atoms with Crippen LogP contribution >= 0.6 is 11.8 Å². The van der Waals surface area contributed by atoms with Gasteiger partial charge in [-0.3, -0.25) is 14.4 Å². The second kappa shape index (κ2) is 15.6. The lowest BCUT2D eigenvalue weighted by Crippen LogP contribution is -2.55. The molecule has 0 bridgehead atoms. The van der Waals surface area contributed by atoms with E-state index in [2.05, 4.69) is 10.6 Å². The maximum Gasteiger partial charge on any atom is 0.245 e. The number of amides is 2. The molecule has 2 aliphatic rings. The van der Waals surface area contributed by atoms with Crippen LogP contribution in [-0.4, -0.2) is 100 Å². The first-order valence-electron chi connectivity index (χ1n) is 15.7.